The number of halogens is 1. The van der Waals surface area contributed by atoms with Crippen molar-refractivity contribution < 1.29 is 4.74 Å². The molecule has 94 valence electrons. The molecule has 0 aliphatic heterocycles. The highest BCUT2D eigenvalue weighted by molar-refractivity contribution is 9.10. The minimum absolute atomic E-state index is 0.632. The van der Waals surface area contributed by atoms with E-state index in [1.807, 2.05) is 49.4 Å². The maximum Gasteiger partial charge on any atom is 0.142 e. The lowest BCUT2D eigenvalue weighted by molar-refractivity contribution is 0.342. The summed E-state index contributed by atoms with van der Waals surface area (Å²) >= 11 is 3.43. The lowest BCUT2D eigenvalue weighted by atomic mass is 10.2. The van der Waals surface area contributed by atoms with Gasteiger partial charge in [-0.3, -0.25) is 0 Å². The van der Waals surface area contributed by atoms with Crippen molar-refractivity contribution in [1.29, 1.82) is 0 Å². The molecule has 2 aromatic carbocycles. The molecular formula is C14H15BrN2O. The summed E-state index contributed by atoms with van der Waals surface area (Å²) < 4.78 is 6.54. The average Bonchev–Trinajstić information content (AvgIpc) is 2.36. The molecule has 0 bridgehead atoms. The first-order valence-electron chi connectivity index (χ1n) is 5.74. The van der Waals surface area contributed by atoms with E-state index in [4.69, 9.17) is 10.5 Å². The van der Waals surface area contributed by atoms with Gasteiger partial charge in [-0.1, -0.05) is 28.1 Å². The van der Waals surface area contributed by atoms with Crippen molar-refractivity contribution in [3.8, 4) is 5.75 Å². The van der Waals surface area contributed by atoms with Gasteiger partial charge in [-0.25, -0.2) is 0 Å². The zero-order valence-electron chi connectivity index (χ0n) is 10.1. The molecule has 3 N–H and O–H groups in total. The van der Waals surface area contributed by atoms with E-state index in [2.05, 4.69) is 21.2 Å². The summed E-state index contributed by atoms with van der Waals surface area (Å²) in [6, 6.07) is 13.5. The number of benzene rings is 2. The third-order valence-electron chi connectivity index (χ3n) is 2.47. The number of ether oxygens (including phenoxy) is 1. The molecule has 0 aromatic heterocycles. The average molecular weight is 307 g/mol. The standard InChI is InChI=1S/C14H15BrN2O/c1-2-18-14-6-4-3-5-12(14)17-13-9-10(15)7-8-11(13)16/h3-9,17H,2,16H2,1H3. The van der Waals surface area contributed by atoms with Gasteiger partial charge in [-0.15, -0.1) is 0 Å². The molecule has 0 atom stereocenters. The van der Waals surface area contributed by atoms with Gasteiger partial charge in [0, 0.05) is 4.47 Å². The summed E-state index contributed by atoms with van der Waals surface area (Å²) in [6.07, 6.45) is 0. The third kappa shape index (κ3) is 2.96. The predicted molar refractivity (Wildman–Crippen MR) is 79.4 cm³/mol. The number of para-hydroxylation sites is 2. The van der Waals surface area contributed by atoms with Crippen LogP contribution in [0.15, 0.2) is 46.9 Å². The van der Waals surface area contributed by atoms with Crippen molar-refractivity contribution in [2.75, 3.05) is 17.7 Å². The molecule has 0 saturated carbocycles. The molecule has 0 amide bonds. The molecule has 0 saturated heterocycles. The second-order valence-electron chi connectivity index (χ2n) is 3.79. The molecule has 2 aromatic rings. The van der Waals surface area contributed by atoms with Crippen LogP contribution in [0.1, 0.15) is 6.92 Å². The molecule has 0 heterocycles. The first kappa shape index (κ1) is 12.8. The summed E-state index contributed by atoms with van der Waals surface area (Å²) in [5.41, 5.74) is 8.40. The highest BCUT2D eigenvalue weighted by Gasteiger charge is 2.05. The maximum absolute atomic E-state index is 5.94. The molecule has 4 heteroatoms. The Bertz CT molecular complexity index is 543. The maximum atomic E-state index is 5.94. The van der Waals surface area contributed by atoms with Crippen molar-refractivity contribution in [1.82, 2.24) is 0 Å². The molecular weight excluding hydrogens is 292 g/mol. The number of nitrogens with two attached hydrogens (primary N) is 1. The normalized spacial score (nSPS) is 10.1. The molecule has 0 unspecified atom stereocenters. The van der Waals surface area contributed by atoms with E-state index in [9.17, 15) is 0 Å². The van der Waals surface area contributed by atoms with Gasteiger partial charge in [-0.05, 0) is 37.3 Å². The van der Waals surface area contributed by atoms with Crippen LogP contribution in [0.3, 0.4) is 0 Å². The van der Waals surface area contributed by atoms with E-state index in [-0.39, 0.29) is 0 Å². The van der Waals surface area contributed by atoms with Crippen molar-refractivity contribution in [2.24, 2.45) is 0 Å². The second-order valence-corrected chi connectivity index (χ2v) is 4.70. The largest absolute Gasteiger partial charge is 0.492 e. The van der Waals surface area contributed by atoms with Crippen LogP contribution >= 0.6 is 15.9 Å². The van der Waals surface area contributed by atoms with Gasteiger partial charge >= 0.3 is 0 Å². The molecule has 18 heavy (non-hydrogen) atoms. The van der Waals surface area contributed by atoms with Gasteiger partial charge in [0.25, 0.3) is 0 Å². The highest BCUT2D eigenvalue weighted by Crippen LogP contribution is 2.31. The van der Waals surface area contributed by atoms with Gasteiger partial charge in [0.05, 0.1) is 23.7 Å². The molecule has 3 nitrogen and oxygen atoms in total. The molecule has 2 rings (SSSR count). The van der Waals surface area contributed by atoms with E-state index in [0.29, 0.717) is 12.3 Å². The van der Waals surface area contributed by atoms with Crippen LogP contribution in [-0.2, 0) is 0 Å². The minimum atomic E-state index is 0.632. The van der Waals surface area contributed by atoms with Crippen molar-refractivity contribution in [3.05, 3.63) is 46.9 Å². The number of anilines is 3. The Hall–Kier alpha value is -1.68. The Balaban J connectivity index is 2.30. The summed E-state index contributed by atoms with van der Waals surface area (Å²) in [6.45, 7) is 2.59. The molecule has 0 aliphatic rings. The van der Waals surface area contributed by atoms with Crippen LogP contribution in [0.2, 0.25) is 0 Å². The number of hydrogen-bond acceptors (Lipinski definition) is 3. The van der Waals surface area contributed by atoms with Gasteiger partial charge in [0.2, 0.25) is 0 Å². The summed E-state index contributed by atoms with van der Waals surface area (Å²) in [7, 11) is 0. The van der Waals surface area contributed by atoms with Crippen LogP contribution in [0.25, 0.3) is 0 Å². The number of nitrogens with one attached hydrogen (secondary N) is 1. The van der Waals surface area contributed by atoms with Crippen molar-refractivity contribution in [3.63, 3.8) is 0 Å². The van der Waals surface area contributed by atoms with E-state index in [1.54, 1.807) is 0 Å². The van der Waals surface area contributed by atoms with Crippen LogP contribution in [0.5, 0.6) is 5.75 Å². The third-order valence-corrected chi connectivity index (χ3v) is 2.96. The monoisotopic (exact) mass is 306 g/mol. The summed E-state index contributed by atoms with van der Waals surface area (Å²) in [5, 5.41) is 3.29. The predicted octanol–water partition coefficient (Wildman–Crippen LogP) is 4.17. The lowest BCUT2D eigenvalue weighted by Crippen LogP contribution is -2.00. The Morgan fingerprint density at radius 1 is 1.17 bits per heavy atom. The quantitative estimate of drug-likeness (QED) is 0.833. The summed E-state index contributed by atoms with van der Waals surface area (Å²) in [5.74, 6) is 0.819. The molecule has 0 aliphatic carbocycles. The lowest BCUT2D eigenvalue weighted by Gasteiger charge is -2.13. The van der Waals surface area contributed by atoms with Crippen LogP contribution < -0.4 is 15.8 Å². The fourth-order valence-corrected chi connectivity index (χ4v) is 1.99. The SMILES string of the molecule is CCOc1ccccc1Nc1cc(Br)ccc1N. The number of hydrogen-bond donors (Lipinski definition) is 2. The van der Waals surface area contributed by atoms with Gasteiger partial charge in [0.1, 0.15) is 5.75 Å². The molecule has 0 spiro atoms. The van der Waals surface area contributed by atoms with Crippen molar-refractivity contribution in [2.45, 2.75) is 6.92 Å². The molecule has 0 fully saturated rings. The zero-order chi connectivity index (χ0) is 13.0. The fourth-order valence-electron chi connectivity index (χ4n) is 1.63. The van der Waals surface area contributed by atoms with Gasteiger partial charge in [0.15, 0.2) is 0 Å². The summed E-state index contributed by atoms with van der Waals surface area (Å²) in [4.78, 5) is 0. The van der Waals surface area contributed by atoms with E-state index in [1.165, 1.54) is 0 Å². The fraction of sp³-hybridized carbons (Fsp3) is 0.143. The van der Waals surface area contributed by atoms with Crippen LogP contribution in [0, 0.1) is 0 Å². The minimum Gasteiger partial charge on any atom is -0.492 e. The Labute approximate surface area is 115 Å². The van der Waals surface area contributed by atoms with E-state index >= 15 is 0 Å². The van der Waals surface area contributed by atoms with Gasteiger partial charge in [-0.2, -0.15) is 0 Å². The van der Waals surface area contributed by atoms with Crippen molar-refractivity contribution >= 4 is 33.0 Å². The Kier molecular flexibility index (Phi) is 4.10. The second kappa shape index (κ2) is 5.78. The van der Waals surface area contributed by atoms with E-state index in [0.717, 1.165) is 21.6 Å². The Morgan fingerprint density at radius 2 is 1.94 bits per heavy atom. The zero-order valence-corrected chi connectivity index (χ0v) is 11.7. The Morgan fingerprint density at radius 3 is 2.72 bits per heavy atom. The molecule has 0 radical (unpaired) electrons. The van der Waals surface area contributed by atoms with Crippen LogP contribution in [0.4, 0.5) is 17.1 Å². The van der Waals surface area contributed by atoms with E-state index < -0.39 is 0 Å². The van der Waals surface area contributed by atoms with Crippen LogP contribution in [-0.4, -0.2) is 6.61 Å². The number of rotatable bonds is 4. The first-order chi connectivity index (χ1) is 8.70. The smallest absolute Gasteiger partial charge is 0.142 e. The van der Waals surface area contributed by atoms with Gasteiger partial charge < -0.3 is 15.8 Å². The highest BCUT2D eigenvalue weighted by atomic mass is 79.9. The first-order valence-corrected chi connectivity index (χ1v) is 6.54. The topological polar surface area (TPSA) is 47.3 Å². The number of nitrogen functional groups attached to an aromatic ring is 1.